The standard InChI is InChI=1S/C41H29ClF7N3O6/c1-58-26-10-11-28(32(53)17-26)34-27-12-13-29-33(37(56)51(35(29)54)25-15-20(40(44,45)46)14-21(16-25)41(47,48)49)30(27)18-31-36(55)52(50-24-8-6-23(43)7-9-24)38(57)39(31,34)19-2-4-22(42)5-3-19/h2-12,14-17,29-31,33-34,50,53H,13,18H2,1H3. The number of hydrogen-bond donors (Lipinski definition) is 2. The molecule has 4 aromatic carbocycles. The van der Waals surface area contributed by atoms with Crippen LogP contribution in [0.3, 0.4) is 0 Å². The molecule has 9 nitrogen and oxygen atoms in total. The number of ether oxygens (including phenoxy) is 1. The predicted octanol–water partition coefficient (Wildman–Crippen LogP) is 8.42. The largest absolute Gasteiger partial charge is 0.508 e. The molecule has 6 unspecified atom stereocenters. The van der Waals surface area contributed by atoms with Crippen molar-refractivity contribution >= 4 is 46.6 Å². The summed E-state index contributed by atoms with van der Waals surface area (Å²) in [4.78, 5) is 58.9. The third-order valence-corrected chi connectivity index (χ3v) is 11.9. The zero-order chi connectivity index (χ0) is 41.6. The molecule has 4 aromatic rings. The van der Waals surface area contributed by atoms with Crippen LogP contribution >= 0.6 is 11.6 Å². The van der Waals surface area contributed by atoms with Gasteiger partial charge in [0.05, 0.1) is 52.8 Å². The number of carbonyl (C=O) groups is 4. The number of imide groups is 2. The zero-order valence-corrected chi connectivity index (χ0v) is 30.6. The number of rotatable bonds is 6. The number of methoxy groups -OCH3 is 1. The van der Waals surface area contributed by atoms with Crippen molar-refractivity contribution in [1.29, 1.82) is 0 Å². The van der Waals surface area contributed by atoms with Crippen LogP contribution in [0.4, 0.5) is 42.1 Å². The molecule has 2 N–H and O–H groups in total. The van der Waals surface area contributed by atoms with Gasteiger partial charge in [-0.2, -0.15) is 31.4 Å². The zero-order valence-electron chi connectivity index (χ0n) is 29.9. The fraction of sp³-hybridized carbons (Fsp3) is 0.268. The first kappa shape index (κ1) is 38.9. The van der Waals surface area contributed by atoms with Crippen molar-refractivity contribution in [3.8, 4) is 11.5 Å². The summed E-state index contributed by atoms with van der Waals surface area (Å²) in [6.45, 7) is 0. The maximum absolute atomic E-state index is 15.2. The van der Waals surface area contributed by atoms with Crippen LogP contribution in [0.5, 0.6) is 11.5 Å². The third kappa shape index (κ3) is 5.98. The topological polar surface area (TPSA) is 116 Å². The number of nitrogens with one attached hydrogen (secondary N) is 1. The molecule has 1 saturated carbocycles. The lowest BCUT2D eigenvalue weighted by Gasteiger charge is -2.50. The molecule has 300 valence electrons. The van der Waals surface area contributed by atoms with E-state index in [1.54, 1.807) is 18.2 Å². The van der Waals surface area contributed by atoms with Crippen LogP contribution in [0.25, 0.3) is 0 Å². The average molecular weight is 828 g/mol. The molecule has 0 aromatic heterocycles. The highest BCUT2D eigenvalue weighted by Crippen LogP contribution is 2.65. The van der Waals surface area contributed by atoms with Gasteiger partial charge in [-0.3, -0.25) is 24.6 Å². The number of amides is 4. The van der Waals surface area contributed by atoms with E-state index in [-0.39, 0.29) is 52.2 Å². The van der Waals surface area contributed by atoms with Crippen LogP contribution in [-0.4, -0.2) is 40.9 Å². The first-order valence-electron chi connectivity index (χ1n) is 17.8. The number of phenolic OH excluding ortho intramolecular Hbond substituents is 1. The van der Waals surface area contributed by atoms with Crippen LogP contribution in [0.2, 0.25) is 5.02 Å². The molecular formula is C41H29ClF7N3O6. The van der Waals surface area contributed by atoms with Gasteiger partial charge in [0.15, 0.2) is 0 Å². The van der Waals surface area contributed by atoms with E-state index in [0.717, 1.165) is 17.1 Å². The summed E-state index contributed by atoms with van der Waals surface area (Å²) < 4.78 is 103. The quantitative estimate of drug-likeness (QED) is 0.114. The minimum atomic E-state index is -5.27. The van der Waals surface area contributed by atoms with Crippen molar-refractivity contribution < 1.29 is 59.8 Å². The van der Waals surface area contributed by atoms with Crippen LogP contribution in [0.15, 0.2) is 96.6 Å². The number of carbonyl (C=O) groups excluding carboxylic acids is 4. The van der Waals surface area contributed by atoms with Crippen molar-refractivity contribution in [2.75, 3.05) is 17.4 Å². The van der Waals surface area contributed by atoms with E-state index in [1.165, 1.54) is 49.6 Å². The van der Waals surface area contributed by atoms with E-state index in [4.69, 9.17) is 16.3 Å². The second-order valence-corrected chi connectivity index (χ2v) is 15.0. The maximum Gasteiger partial charge on any atom is 0.416 e. The number of phenols is 1. The minimum absolute atomic E-state index is 0.112. The summed E-state index contributed by atoms with van der Waals surface area (Å²) in [7, 11) is 1.36. The lowest BCUT2D eigenvalue weighted by molar-refractivity contribution is -0.143. The fourth-order valence-electron chi connectivity index (χ4n) is 9.22. The summed E-state index contributed by atoms with van der Waals surface area (Å²) in [5, 5.41) is 12.7. The Kier molecular flexibility index (Phi) is 9.14. The van der Waals surface area contributed by atoms with Gasteiger partial charge in [0.2, 0.25) is 11.8 Å². The Morgan fingerprint density at radius 3 is 2.03 bits per heavy atom. The first-order valence-corrected chi connectivity index (χ1v) is 18.1. The number of hydrazine groups is 1. The molecule has 4 aliphatic rings. The summed E-state index contributed by atoms with van der Waals surface area (Å²) in [6.07, 6.45) is -9.47. The predicted molar refractivity (Wildman–Crippen MR) is 193 cm³/mol. The molecule has 3 fully saturated rings. The Labute approximate surface area is 329 Å². The first-order chi connectivity index (χ1) is 27.4. The van der Waals surface area contributed by atoms with E-state index in [2.05, 4.69) is 5.43 Å². The number of hydrogen-bond acceptors (Lipinski definition) is 7. The average Bonchev–Trinajstić information content (AvgIpc) is 3.55. The summed E-state index contributed by atoms with van der Waals surface area (Å²) in [6, 6.07) is 15.6. The molecule has 6 atom stereocenters. The number of benzene rings is 4. The van der Waals surface area contributed by atoms with Gasteiger partial charge in [-0.25, -0.2) is 9.29 Å². The van der Waals surface area contributed by atoms with Crippen molar-refractivity contribution in [3.05, 3.63) is 130 Å². The second kappa shape index (κ2) is 13.6. The van der Waals surface area contributed by atoms with Crippen LogP contribution in [0, 0.1) is 29.5 Å². The van der Waals surface area contributed by atoms with Gasteiger partial charge >= 0.3 is 12.4 Å². The lowest BCUT2D eigenvalue weighted by Crippen LogP contribution is -2.53. The Morgan fingerprint density at radius 2 is 1.45 bits per heavy atom. The molecule has 17 heteroatoms. The number of anilines is 2. The van der Waals surface area contributed by atoms with Gasteiger partial charge in [-0.15, -0.1) is 0 Å². The highest BCUT2D eigenvalue weighted by Gasteiger charge is 2.70. The Morgan fingerprint density at radius 1 is 0.810 bits per heavy atom. The van der Waals surface area contributed by atoms with Crippen LogP contribution < -0.4 is 15.1 Å². The van der Waals surface area contributed by atoms with E-state index in [9.17, 15) is 50.2 Å². The van der Waals surface area contributed by atoms with Crippen molar-refractivity contribution in [1.82, 2.24) is 5.01 Å². The summed E-state index contributed by atoms with van der Waals surface area (Å²) in [5.41, 5.74) is -2.61. The van der Waals surface area contributed by atoms with Crippen molar-refractivity contribution in [3.63, 3.8) is 0 Å². The molecule has 2 aliphatic heterocycles. The highest BCUT2D eigenvalue weighted by molar-refractivity contribution is 6.30. The molecule has 2 aliphatic carbocycles. The number of allylic oxidation sites excluding steroid dienone is 2. The number of nitrogens with zero attached hydrogens (tertiary/aromatic N) is 2. The number of halogens is 8. The third-order valence-electron chi connectivity index (χ3n) is 11.6. The van der Waals surface area contributed by atoms with Gasteiger partial charge < -0.3 is 9.84 Å². The van der Waals surface area contributed by atoms with E-state index >= 15 is 4.79 Å². The number of fused-ring (bicyclic) bond motifs is 4. The lowest BCUT2D eigenvalue weighted by atomic mass is 9.49. The van der Waals surface area contributed by atoms with E-state index in [1.807, 2.05) is 0 Å². The molecule has 0 spiro atoms. The number of aromatic hydroxyl groups is 1. The second-order valence-electron chi connectivity index (χ2n) is 14.6. The van der Waals surface area contributed by atoms with Crippen molar-refractivity contribution in [2.24, 2.45) is 23.7 Å². The molecular weight excluding hydrogens is 799 g/mol. The molecule has 58 heavy (non-hydrogen) atoms. The van der Waals surface area contributed by atoms with Crippen molar-refractivity contribution in [2.45, 2.75) is 36.5 Å². The summed E-state index contributed by atoms with van der Waals surface area (Å²) in [5.74, 6) is -10.8. The maximum atomic E-state index is 15.2. The van der Waals surface area contributed by atoms with Gasteiger partial charge in [0, 0.05) is 22.6 Å². The Balaban J connectivity index is 1.31. The highest BCUT2D eigenvalue weighted by atomic mass is 35.5. The van der Waals surface area contributed by atoms with Gasteiger partial charge in [0.1, 0.15) is 17.3 Å². The fourth-order valence-corrected chi connectivity index (χ4v) is 9.34. The molecule has 0 bridgehead atoms. The van der Waals surface area contributed by atoms with Gasteiger partial charge in [-0.05, 0) is 85.0 Å². The smallest absolute Gasteiger partial charge is 0.416 e. The van der Waals surface area contributed by atoms with Crippen LogP contribution in [0.1, 0.15) is 41.0 Å². The van der Waals surface area contributed by atoms with Gasteiger partial charge in [-0.1, -0.05) is 41.4 Å². The minimum Gasteiger partial charge on any atom is -0.508 e. The Hall–Kier alpha value is -5.90. The van der Waals surface area contributed by atoms with Crippen LogP contribution in [-0.2, 0) is 36.9 Å². The summed E-state index contributed by atoms with van der Waals surface area (Å²) >= 11 is 6.28. The van der Waals surface area contributed by atoms with E-state index < -0.39 is 93.6 Å². The molecule has 2 heterocycles. The number of alkyl halides is 6. The molecule has 2 saturated heterocycles. The molecule has 4 amide bonds. The SMILES string of the molecule is COc1ccc(C2C3=CCC4C(=O)N(c5cc(C(F)(F)F)cc(C(F)(F)F)c5)C(=O)C4C3CC3C(=O)N(Nc4ccc(F)cc4)C(=O)C32c2ccc(Cl)cc2)c(O)c1. The monoisotopic (exact) mass is 827 g/mol. The molecule has 8 rings (SSSR count). The van der Waals surface area contributed by atoms with E-state index in [0.29, 0.717) is 22.6 Å². The van der Waals surface area contributed by atoms with Gasteiger partial charge in [0.25, 0.3) is 11.8 Å². The normalized spacial score (nSPS) is 25.7. The Bertz CT molecular complexity index is 2390. The molecule has 0 radical (unpaired) electrons.